The van der Waals surface area contributed by atoms with E-state index in [9.17, 15) is 4.39 Å². The molecule has 0 aromatic rings. The lowest BCUT2D eigenvalue weighted by molar-refractivity contribution is 0.0583. The average molecular weight is 1100 g/mol. The van der Waals surface area contributed by atoms with Crippen LogP contribution in [0.3, 0.4) is 0 Å². The molecule has 13 nitrogen and oxygen atoms in total. The van der Waals surface area contributed by atoms with Crippen LogP contribution in [0.25, 0.3) is 0 Å². The normalized spacial score (nSPS) is 14.5. The first-order chi connectivity index (χ1) is 30.0. The first kappa shape index (κ1) is 66.6. The van der Waals surface area contributed by atoms with E-state index in [0.29, 0.717) is 6.61 Å². The van der Waals surface area contributed by atoms with Crippen LogP contribution in [-0.2, 0) is 56.9 Å². The van der Waals surface area contributed by atoms with Crippen LogP contribution in [0.4, 0.5) is 4.39 Å². The van der Waals surface area contributed by atoms with Gasteiger partial charge in [0.1, 0.15) is 0 Å². The molecule has 65 heavy (non-hydrogen) atoms. The monoisotopic (exact) mass is 1100 g/mol. The molecular formula is C41H103FO13Si10. The number of ether oxygens (including phenoxy) is 1. The van der Waals surface area contributed by atoms with Gasteiger partial charge in [-0.15, -0.1) is 0 Å². The standard InChI is InChI=1S/C41H103FO13Si10/c1-43-63(44-2,45-3)37-25-31-58(14,15)53-56(10,11)29-23-35-62(34-22-28-52-40-42,41-61(20,21)55-60(18,19)33-27-39-65(49-7,50-8)51-9)36-24-30-57(12,13)54-59(16,17)32-26-38-64(46-4,47-5)48-6/h22-41H2,1-21H3. The number of alkyl halides is 1. The third-order valence-electron chi connectivity index (χ3n) is 13.1. The zero-order chi connectivity index (χ0) is 50.3. The molecule has 0 N–H and O–H groups in total. The maximum absolute atomic E-state index is 13.3. The lowest BCUT2D eigenvalue weighted by Crippen LogP contribution is -2.52. The molecule has 0 aliphatic carbocycles. The minimum absolute atomic E-state index is 0.462. The Balaban J connectivity index is 6.50. The molecule has 0 aromatic heterocycles. The van der Waals surface area contributed by atoms with E-state index in [0.717, 1.165) is 92.9 Å². The molecule has 0 aliphatic rings. The summed E-state index contributed by atoms with van der Waals surface area (Å²) in [5.74, 6) is 0. The van der Waals surface area contributed by atoms with E-state index < -0.39 is 91.3 Å². The van der Waals surface area contributed by atoms with E-state index in [4.69, 9.17) is 56.9 Å². The summed E-state index contributed by atoms with van der Waals surface area (Å²) < 4.78 is 92.1. The number of hydrogen-bond acceptors (Lipinski definition) is 13. The second-order valence-corrected chi connectivity index (χ2v) is 63.1. The molecule has 0 unspecified atom stereocenters. The van der Waals surface area contributed by atoms with E-state index in [1.54, 1.807) is 64.0 Å². The quantitative estimate of drug-likeness (QED) is 0.0426. The van der Waals surface area contributed by atoms with Gasteiger partial charge in [0, 0.05) is 88.7 Å². The summed E-state index contributed by atoms with van der Waals surface area (Å²) in [7, 11) is -6.85. The molecule has 0 amide bonds. The van der Waals surface area contributed by atoms with Gasteiger partial charge in [0.05, 0.1) is 8.07 Å². The zero-order valence-corrected chi connectivity index (χ0v) is 55.8. The second kappa shape index (κ2) is 30.6. The van der Waals surface area contributed by atoms with Crippen LogP contribution < -0.4 is 0 Å². The molecule has 0 radical (unpaired) electrons. The van der Waals surface area contributed by atoms with Crippen molar-refractivity contribution in [2.24, 2.45) is 0 Å². The minimum atomic E-state index is -2.66. The molecule has 0 heterocycles. The van der Waals surface area contributed by atoms with Gasteiger partial charge in [0.25, 0.3) is 0 Å². The van der Waals surface area contributed by atoms with Crippen molar-refractivity contribution in [3.63, 3.8) is 0 Å². The minimum Gasteiger partial charge on any atom is -0.456 e. The van der Waals surface area contributed by atoms with Gasteiger partial charge in [-0.2, -0.15) is 0 Å². The highest BCUT2D eigenvalue weighted by molar-refractivity contribution is 6.97. The van der Waals surface area contributed by atoms with Crippen molar-refractivity contribution < 1.29 is 61.3 Å². The van der Waals surface area contributed by atoms with E-state index in [1.165, 1.54) is 17.8 Å². The number of rotatable bonds is 42. The molecule has 24 heteroatoms. The number of hydrogen-bond donors (Lipinski definition) is 0. The van der Waals surface area contributed by atoms with Gasteiger partial charge in [0.15, 0.2) is 56.8 Å². The summed E-state index contributed by atoms with van der Waals surface area (Å²) in [4.78, 5) is 0. The predicted molar refractivity (Wildman–Crippen MR) is 292 cm³/mol. The van der Waals surface area contributed by atoms with Crippen LogP contribution in [-0.4, -0.2) is 162 Å². The Bertz CT molecular complexity index is 1180. The van der Waals surface area contributed by atoms with Crippen LogP contribution in [0.2, 0.25) is 151 Å². The highest BCUT2D eigenvalue weighted by atomic mass is 28.5. The summed E-state index contributed by atoms with van der Waals surface area (Å²) in [5.41, 5.74) is 1.19. The largest absolute Gasteiger partial charge is 0.500 e. The Morgan fingerprint density at radius 2 is 0.523 bits per heavy atom. The summed E-state index contributed by atoms with van der Waals surface area (Å²) in [5, 5.41) is 0. The Labute approximate surface area is 410 Å². The maximum Gasteiger partial charge on any atom is 0.500 e. The van der Waals surface area contributed by atoms with E-state index in [2.05, 4.69) is 78.6 Å². The smallest absolute Gasteiger partial charge is 0.456 e. The summed E-state index contributed by atoms with van der Waals surface area (Å²) in [6.45, 7) is 28.6. The van der Waals surface area contributed by atoms with Gasteiger partial charge in [-0.25, -0.2) is 4.39 Å². The van der Waals surface area contributed by atoms with E-state index in [-0.39, 0.29) is 0 Å². The van der Waals surface area contributed by atoms with Crippen LogP contribution in [0.15, 0.2) is 0 Å². The van der Waals surface area contributed by atoms with Gasteiger partial charge < -0.3 is 56.9 Å². The first-order valence-electron chi connectivity index (χ1n) is 24.2. The molecular weight excluding hydrogens is 1000 g/mol. The lowest BCUT2D eigenvalue weighted by atomic mass is 10.5. The molecule has 0 saturated carbocycles. The van der Waals surface area contributed by atoms with Gasteiger partial charge in [0.2, 0.25) is 0 Å². The fourth-order valence-corrected chi connectivity index (χ4v) is 56.2. The average Bonchev–Trinajstić information content (AvgIpc) is 3.20. The summed E-state index contributed by atoms with van der Waals surface area (Å²) >= 11 is 0. The highest BCUT2D eigenvalue weighted by Crippen LogP contribution is 2.40. The third-order valence-corrected chi connectivity index (χ3v) is 53.3. The van der Waals surface area contributed by atoms with Crippen molar-refractivity contribution in [3.05, 3.63) is 0 Å². The van der Waals surface area contributed by atoms with Crippen molar-refractivity contribution in [2.75, 3.05) is 77.5 Å². The Morgan fingerprint density at radius 3 is 0.769 bits per heavy atom. The molecule has 0 fully saturated rings. The van der Waals surface area contributed by atoms with Gasteiger partial charge in [-0.05, 0) is 140 Å². The molecule has 0 saturated heterocycles. The Morgan fingerprint density at radius 1 is 0.292 bits per heavy atom. The van der Waals surface area contributed by atoms with Crippen LogP contribution in [0.1, 0.15) is 38.5 Å². The highest BCUT2D eigenvalue weighted by Gasteiger charge is 2.46. The molecule has 0 aliphatic heterocycles. The van der Waals surface area contributed by atoms with Gasteiger partial charge >= 0.3 is 26.4 Å². The maximum atomic E-state index is 13.3. The van der Waals surface area contributed by atoms with Crippen LogP contribution in [0.5, 0.6) is 0 Å². The number of halogens is 1. The van der Waals surface area contributed by atoms with E-state index >= 15 is 0 Å². The second-order valence-electron chi connectivity index (χ2n) is 21.8. The lowest BCUT2D eigenvalue weighted by Gasteiger charge is -2.43. The van der Waals surface area contributed by atoms with E-state index in [1.807, 2.05) is 0 Å². The first-order valence-corrected chi connectivity index (χ1v) is 51.5. The Hall–Kier alpha value is 1.58. The van der Waals surface area contributed by atoms with Gasteiger partial charge in [-0.3, -0.25) is 0 Å². The van der Waals surface area contributed by atoms with Crippen molar-refractivity contribution >= 4 is 84.4 Å². The molecule has 0 aromatic carbocycles. The third kappa shape index (κ3) is 26.7. The fourth-order valence-electron chi connectivity index (χ4n) is 10.3. The van der Waals surface area contributed by atoms with Crippen molar-refractivity contribution in [1.82, 2.24) is 0 Å². The van der Waals surface area contributed by atoms with Crippen LogP contribution >= 0.6 is 0 Å². The molecule has 0 bridgehead atoms. The summed E-state index contributed by atoms with van der Waals surface area (Å²) in [6, 6.07) is 11.3. The topological polar surface area (TPSA) is 120 Å². The molecule has 0 rings (SSSR count). The van der Waals surface area contributed by atoms with Crippen molar-refractivity contribution in [1.29, 1.82) is 0 Å². The van der Waals surface area contributed by atoms with Crippen LogP contribution in [0, 0.1) is 0 Å². The SMILES string of the molecule is CO[Si](CCC[Si](C)(C)O[Si](C)(C)CCC[Si](CCCOCF)(CCC[Si](C)(C)O[Si](C)(C)CCC[Si](OC)(OC)OC)C[Si](C)(C)O[Si](C)(C)CCC[Si](OC)(OC)OC)(OC)OC. The van der Waals surface area contributed by atoms with Gasteiger partial charge in [-0.1, -0.05) is 31.0 Å². The Kier molecular flexibility index (Phi) is 31.3. The predicted octanol–water partition coefficient (Wildman–Crippen LogP) is 12.2. The summed E-state index contributed by atoms with van der Waals surface area (Å²) in [6.07, 6.45) is 6.09. The zero-order valence-electron chi connectivity index (χ0n) is 45.8. The molecule has 0 atom stereocenters. The fraction of sp³-hybridized carbons (Fsp3) is 1.00. The van der Waals surface area contributed by atoms with Crippen molar-refractivity contribution in [2.45, 2.75) is 189 Å². The molecule has 392 valence electrons. The molecule has 0 spiro atoms. The van der Waals surface area contributed by atoms with Crippen molar-refractivity contribution in [3.8, 4) is 0 Å².